The fourth-order valence-electron chi connectivity index (χ4n) is 1.69. The first-order chi connectivity index (χ1) is 6.93. The Morgan fingerprint density at radius 2 is 2.36 bits per heavy atom. The first kappa shape index (κ1) is 11.7. The van der Waals surface area contributed by atoms with E-state index in [-0.39, 0.29) is 0 Å². The molecule has 1 rings (SSSR count). The quantitative estimate of drug-likeness (QED) is 0.521. The van der Waals surface area contributed by atoms with Gasteiger partial charge in [0, 0.05) is 12.5 Å². The van der Waals surface area contributed by atoms with Gasteiger partial charge in [-0.2, -0.15) is 0 Å². The minimum atomic E-state index is 0.676. The fourth-order valence-corrected chi connectivity index (χ4v) is 1.69. The molecule has 1 aliphatic rings. The molecule has 0 spiro atoms. The maximum Gasteiger partial charge on any atom is 0.0528 e. The summed E-state index contributed by atoms with van der Waals surface area (Å²) in [4.78, 5) is 0. The molecule has 1 atom stereocenters. The van der Waals surface area contributed by atoms with E-state index in [0.29, 0.717) is 5.92 Å². The molecule has 2 heteroatoms. The highest BCUT2D eigenvalue weighted by Gasteiger charge is 2.09. The van der Waals surface area contributed by atoms with Crippen LogP contribution in [0.4, 0.5) is 0 Å². The van der Waals surface area contributed by atoms with Crippen LogP contribution in [-0.4, -0.2) is 26.3 Å². The largest absolute Gasteiger partial charge is 0.381 e. The number of nitrogens with one attached hydrogen (secondary N) is 1. The Morgan fingerprint density at radius 1 is 1.43 bits per heavy atom. The Bertz CT molecular complexity index is 150. The number of ether oxygens (including phenoxy) is 1. The van der Waals surface area contributed by atoms with Gasteiger partial charge >= 0.3 is 0 Å². The SMILES string of the molecule is CCCNCC/C=C/C1CCCOC1. The van der Waals surface area contributed by atoms with E-state index in [4.69, 9.17) is 4.74 Å². The zero-order valence-corrected chi connectivity index (χ0v) is 9.30. The average molecular weight is 197 g/mol. The van der Waals surface area contributed by atoms with Crippen molar-refractivity contribution in [2.75, 3.05) is 26.3 Å². The normalized spacial score (nSPS) is 23.1. The second-order valence-corrected chi connectivity index (χ2v) is 3.94. The zero-order chi connectivity index (χ0) is 10.1. The van der Waals surface area contributed by atoms with Crippen molar-refractivity contribution in [2.45, 2.75) is 32.6 Å². The molecule has 0 amide bonds. The Kier molecular flexibility index (Phi) is 6.71. The van der Waals surface area contributed by atoms with Gasteiger partial charge in [-0.25, -0.2) is 0 Å². The van der Waals surface area contributed by atoms with Crippen molar-refractivity contribution >= 4 is 0 Å². The van der Waals surface area contributed by atoms with Crippen LogP contribution in [0.3, 0.4) is 0 Å². The highest BCUT2D eigenvalue weighted by atomic mass is 16.5. The lowest BCUT2D eigenvalue weighted by Gasteiger charge is -2.18. The number of rotatable bonds is 6. The molecule has 0 aliphatic carbocycles. The van der Waals surface area contributed by atoms with Crippen LogP contribution in [0.25, 0.3) is 0 Å². The summed E-state index contributed by atoms with van der Waals surface area (Å²) in [5, 5.41) is 3.39. The minimum Gasteiger partial charge on any atom is -0.381 e. The first-order valence-electron chi connectivity index (χ1n) is 5.88. The lowest BCUT2D eigenvalue weighted by Crippen LogP contribution is -2.16. The smallest absolute Gasteiger partial charge is 0.0528 e. The second kappa shape index (κ2) is 8.01. The van der Waals surface area contributed by atoms with Crippen molar-refractivity contribution in [3.8, 4) is 0 Å². The maximum absolute atomic E-state index is 5.41. The molecular weight excluding hydrogens is 174 g/mol. The van der Waals surface area contributed by atoms with E-state index in [0.717, 1.165) is 32.7 Å². The second-order valence-electron chi connectivity index (χ2n) is 3.94. The maximum atomic E-state index is 5.41. The van der Waals surface area contributed by atoms with Gasteiger partial charge in [0.05, 0.1) is 6.61 Å². The van der Waals surface area contributed by atoms with Crippen LogP contribution in [0.1, 0.15) is 32.6 Å². The van der Waals surface area contributed by atoms with Crippen LogP contribution in [0.2, 0.25) is 0 Å². The van der Waals surface area contributed by atoms with E-state index in [9.17, 15) is 0 Å². The van der Waals surface area contributed by atoms with Gasteiger partial charge in [0.2, 0.25) is 0 Å². The molecule has 1 N–H and O–H groups in total. The van der Waals surface area contributed by atoms with Crippen molar-refractivity contribution in [1.29, 1.82) is 0 Å². The molecule has 2 nitrogen and oxygen atoms in total. The van der Waals surface area contributed by atoms with Crippen LogP contribution in [-0.2, 0) is 4.74 Å². The van der Waals surface area contributed by atoms with E-state index in [1.54, 1.807) is 0 Å². The number of hydrogen-bond donors (Lipinski definition) is 1. The van der Waals surface area contributed by atoms with Gasteiger partial charge in [-0.15, -0.1) is 0 Å². The van der Waals surface area contributed by atoms with Gasteiger partial charge in [0.1, 0.15) is 0 Å². The lowest BCUT2D eigenvalue weighted by molar-refractivity contribution is 0.0709. The zero-order valence-electron chi connectivity index (χ0n) is 9.30. The predicted molar refractivity (Wildman–Crippen MR) is 60.5 cm³/mol. The molecule has 1 heterocycles. The number of hydrogen-bond acceptors (Lipinski definition) is 2. The molecule has 0 saturated carbocycles. The van der Waals surface area contributed by atoms with Gasteiger partial charge < -0.3 is 10.1 Å². The van der Waals surface area contributed by atoms with Gasteiger partial charge in [0.25, 0.3) is 0 Å². The Balaban J connectivity index is 1.96. The van der Waals surface area contributed by atoms with E-state index < -0.39 is 0 Å². The van der Waals surface area contributed by atoms with Crippen molar-refractivity contribution in [3.63, 3.8) is 0 Å². The highest BCUT2D eigenvalue weighted by molar-refractivity contribution is 4.89. The predicted octanol–water partition coefficient (Wildman–Crippen LogP) is 2.36. The molecule has 1 saturated heterocycles. The fraction of sp³-hybridized carbons (Fsp3) is 0.833. The monoisotopic (exact) mass is 197 g/mol. The van der Waals surface area contributed by atoms with Gasteiger partial charge in [-0.1, -0.05) is 19.1 Å². The Morgan fingerprint density at radius 3 is 3.07 bits per heavy atom. The molecule has 82 valence electrons. The van der Waals surface area contributed by atoms with Crippen molar-refractivity contribution in [2.24, 2.45) is 5.92 Å². The molecule has 1 unspecified atom stereocenters. The Hall–Kier alpha value is -0.340. The van der Waals surface area contributed by atoms with E-state index >= 15 is 0 Å². The van der Waals surface area contributed by atoms with Gasteiger partial charge in [-0.3, -0.25) is 0 Å². The van der Waals surface area contributed by atoms with E-state index in [2.05, 4.69) is 24.4 Å². The standard InChI is InChI=1S/C12H23NO/c1-2-8-13-9-4-3-6-12-7-5-10-14-11-12/h3,6,12-13H,2,4-5,7-11H2,1H3/b6-3+. The molecular formula is C12H23NO. The minimum absolute atomic E-state index is 0.676. The van der Waals surface area contributed by atoms with E-state index in [1.165, 1.54) is 19.3 Å². The molecule has 14 heavy (non-hydrogen) atoms. The van der Waals surface area contributed by atoms with Gasteiger partial charge in [-0.05, 0) is 38.8 Å². The summed E-state index contributed by atoms with van der Waals surface area (Å²) < 4.78 is 5.41. The molecule has 1 fully saturated rings. The van der Waals surface area contributed by atoms with Crippen LogP contribution in [0.15, 0.2) is 12.2 Å². The van der Waals surface area contributed by atoms with Crippen molar-refractivity contribution in [1.82, 2.24) is 5.32 Å². The molecule has 0 bridgehead atoms. The van der Waals surface area contributed by atoms with Crippen molar-refractivity contribution < 1.29 is 4.74 Å². The summed E-state index contributed by atoms with van der Waals surface area (Å²) in [6, 6.07) is 0. The highest BCUT2D eigenvalue weighted by Crippen LogP contribution is 2.14. The van der Waals surface area contributed by atoms with Crippen LogP contribution in [0.5, 0.6) is 0 Å². The molecule has 0 aromatic heterocycles. The summed E-state index contributed by atoms with van der Waals surface area (Å²) in [7, 11) is 0. The topological polar surface area (TPSA) is 21.3 Å². The van der Waals surface area contributed by atoms with Crippen LogP contribution < -0.4 is 5.32 Å². The van der Waals surface area contributed by atoms with Crippen molar-refractivity contribution in [3.05, 3.63) is 12.2 Å². The van der Waals surface area contributed by atoms with Crippen LogP contribution >= 0.6 is 0 Å². The summed E-state index contributed by atoms with van der Waals surface area (Å²) in [5.74, 6) is 0.676. The summed E-state index contributed by atoms with van der Waals surface area (Å²) in [6.07, 6.45) is 9.52. The Labute approximate surface area is 87.7 Å². The molecule has 1 aliphatic heterocycles. The molecule has 0 radical (unpaired) electrons. The van der Waals surface area contributed by atoms with E-state index in [1.807, 2.05) is 0 Å². The average Bonchev–Trinajstić information content (AvgIpc) is 2.25. The summed E-state index contributed by atoms with van der Waals surface area (Å²) in [5.41, 5.74) is 0. The third-order valence-electron chi connectivity index (χ3n) is 2.52. The first-order valence-corrected chi connectivity index (χ1v) is 5.88. The third-order valence-corrected chi connectivity index (χ3v) is 2.52. The third kappa shape index (κ3) is 5.40. The molecule has 0 aromatic rings. The van der Waals surface area contributed by atoms with Crippen LogP contribution in [0, 0.1) is 5.92 Å². The summed E-state index contributed by atoms with van der Waals surface area (Å²) >= 11 is 0. The summed E-state index contributed by atoms with van der Waals surface area (Å²) in [6.45, 7) is 6.34. The lowest BCUT2D eigenvalue weighted by atomic mass is 10.0. The molecule has 0 aromatic carbocycles. The van der Waals surface area contributed by atoms with Gasteiger partial charge in [0.15, 0.2) is 0 Å².